The van der Waals surface area contributed by atoms with Crippen molar-refractivity contribution in [3.05, 3.63) is 189 Å². The number of ketones is 1. The number of benzene rings is 6. The monoisotopic (exact) mass is 1260 g/mol. The van der Waals surface area contributed by atoms with Crippen LogP contribution in [-0.4, -0.2) is 23.9 Å². The Morgan fingerprint density at radius 3 is 0.864 bits per heavy atom. The Kier molecular flexibility index (Phi) is 18.4. The van der Waals surface area contributed by atoms with E-state index >= 15 is 0 Å². The molecule has 0 aliphatic rings. The van der Waals surface area contributed by atoms with Gasteiger partial charge in [0.05, 0.1) is 44.5 Å². The number of rotatable bonds is 7. The highest BCUT2D eigenvalue weighted by Gasteiger charge is 2.47. The van der Waals surface area contributed by atoms with E-state index in [2.05, 4.69) is 11.2 Å². The van der Waals surface area contributed by atoms with Gasteiger partial charge in [-0.15, -0.1) is 0 Å². The van der Waals surface area contributed by atoms with Crippen LogP contribution in [0.5, 0.6) is 0 Å². The number of Topliss-reactive ketones (excluding diaryl/α,β-unsaturated/α-hetero) is 1. The molecule has 1 unspecified atom stereocenters. The molecule has 0 spiro atoms. The number of carbonyl (C=O) groups is 1. The lowest BCUT2D eigenvalue weighted by molar-refractivity contribution is -0.144. The predicted octanol–water partition coefficient (Wildman–Crippen LogP) is 16.0. The lowest BCUT2D eigenvalue weighted by Crippen LogP contribution is -2.75. The maximum absolute atomic E-state index is 14.2. The van der Waals surface area contributed by atoms with E-state index in [0.717, 1.165) is 5.56 Å². The highest BCUT2D eigenvalue weighted by molar-refractivity contribution is 8.07. The van der Waals surface area contributed by atoms with Crippen molar-refractivity contribution < 1.29 is 114 Å². The van der Waals surface area contributed by atoms with Crippen LogP contribution < -0.4 is 21.9 Å². The van der Waals surface area contributed by atoms with Crippen LogP contribution in [0.4, 0.5) is 105 Å². The van der Waals surface area contributed by atoms with Crippen LogP contribution in [0.2, 0.25) is 0 Å². The fourth-order valence-corrected chi connectivity index (χ4v) is 9.42. The number of halogens is 27. The quantitative estimate of drug-likeness (QED) is 0.0399. The standard InChI is InChI=1S/C32H12BF24.C18H14Cl3O2S/c34-25(35,36)13-1-14(26(37,38)39)6-21(5-13)33(22-7-15(27(40,41)42)2-16(8-22)28(43,44)45,23-9-17(29(46,47)48)3-18(10-23)30(49,50)51)24-11-19(31(52,53)54)4-20(12-24)32(55,56)57;1-24(23,12-11-14-5-3-2-4-6-14)13-17(22)15-7-9-16(10-8-15)18(19,20)21/h1-12H;2-10H,13H2,1H3/q-1;+1. The van der Waals surface area contributed by atoms with Crippen molar-refractivity contribution in [1.82, 2.24) is 0 Å². The Labute approximate surface area is 456 Å². The van der Waals surface area contributed by atoms with E-state index in [1.165, 1.54) is 6.26 Å². The second kappa shape index (κ2) is 22.6. The molecule has 436 valence electrons. The molecule has 31 heteroatoms. The van der Waals surface area contributed by atoms with E-state index in [9.17, 15) is 114 Å². The Morgan fingerprint density at radius 2 is 0.642 bits per heavy atom. The summed E-state index contributed by atoms with van der Waals surface area (Å²) < 4.78 is 352. The van der Waals surface area contributed by atoms with E-state index < -0.39 is 208 Å². The fraction of sp³-hybridized carbons (Fsp3) is 0.220. The van der Waals surface area contributed by atoms with Gasteiger partial charge in [0.25, 0.3) is 0 Å². The third-order valence-corrected chi connectivity index (χ3v) is 13.6. The van der Waals surface area contributed by atoms with Gasteiger partial charge in [0.1, 0.15) is 12.4 Å². The summed E-state index contributed by atoms with van der Waals surface area (Å²) in [6.45, 7) is 0. The molecule has 0 aromatic heterocycles. The Hall–Kier alpha value is -6.05. The number of alkyl halides is 27. The van der Waals surface area contributed by atoms with Gasteiger partial charge in [0.2, 0.25) is 9.58 Å². The van der Waals surface area contributed by atoms with Crippen LogP contribution in [0.25, 0.3) is 0 Å². The first-order chi connectivity index (χ1) is 36.4. The highest BCUT2D eigenvalue weighted by Crippen LogP contribution is 2.42. The smallest absolute Gasteiger partial charge is 0.289 e. The zero-order valence-electron chi connectivity index (χ0n) is 39.3. The first-order valence-corrected chi connectivity index (χ1v) is 24.8. The lowest BCUT2D eigenvalue weighted by Gasteiger charge is -2.46. The molecule has 0 N–H and O–H groups in total. The SMILES string of the molecule is C[S+](=O)(C#Cc1ccccc1)CC(=O)c1ccc(C(Cl)(Cl)Cl)cc1.FC(F)(F)c1cc([B-](c2cc(C(F)(F)F)cc(C(F)(F)F)c2)(c2cc(C(F)(F)F)cc(C(F)(F)F)c2)c2cc(C(F)(F)F)cc(C(F)(F)F)c2)cc(C(F)(F)F)c1. The molecule has 0 heterocycles. The molecular formula is C50H26BCl3F24O2S. The molecule has 0 aliphatic carbocycles. The molecule has 0 radical (unpaired) electrons. The number of hydrogen-bond donors (Lipinski definition) is 0. The first-order valence-electron chi connectivity index (χ1n) is 21.5. The lowest BCUT2D eigenvalue weighted by atomic mass is 9.12. The molecule has 2 nitrogen and oxygen atoms in total. The van der Waals surface area contributed by atoms with Gasteiger partial charge in [0.15, 0.2) is 20.9 Å². The fourth-order valence-electron chi connectivity index (χ4n) is 7.97. The summed E-state index contributed by atoms with van der Waals surface area (Å²) in [4.78, 5) is 12.3. The zero-order chi connectivity index (χ0) is 61.7. The maximum Gasteiger partial charge on any atom is 0.416 e. The van der Waals surface area contributed by atoms with Crippen molar-refractivity contribution in [2.45, 2.75) is 53.2 Å². The Bertz CT molecular complexity index is 2960. The first kappa shape index (κ1) is 65.8. The summed E-state index contributed by atoms with van der Waals surface area (Å²) in [7, 11) is -2.60. The molecule has 81 heavy (non-hydrogen) atoms. The summed E-state index contributed by atoms with van der Waals surface area (Å²) in [5.74, 6) is 2.42. The molecule has 0 aliphatic heterocycles. The van der Waals surface area contributed by atoms with Crippen molar-refractivity contribution in [2.75, 3.05) is 12.0 Å². The molecule has 0 fully saturated rings. The summed E-state index contributed by atoms with van der Waals surface area (Å²) in [6, 6.07) is 6.63. The molecule has 0 saturated heterocycles. The van der Waals surface area contributed by atoms with Gasteiger partial charge in [-0.05, 0) is 42.3 Å². The predicted molar refractivity (Wildman–Crippen MR) is 252 cm³/mol. The van der Waals surface area contributed by atoms with E-state index in [1.54, 1.807) is 24.3 Å². The second-order valence-corrected chi connectivity index (χ2v) is 22.2. The summed E-state index contributed by atoms with van der Waals surface area (Å²) >= 11 is 17.3. The normalized spacial score (nSPS) is 14.1. The average Bonchev–Trinajstić information content (AvgIpc) is 3.32. The third-order valence-electron chi connectivity index (χ3n) is 11.6. The molecule has 0 amide bonds. The minimum Gasteiger partial charge on any atom is -0.289 e. The summed E-state index contributed by atoms with van der Waals surface area (Å²) in [5, 5.41) is 2.71. The Morgan fingerprint density at radius 1 is 0.395 bits per heavy atom. The van der Waals surface area contributed by atoms with Crippen molar-refractivity contribution in [3.8, 4) is 11.2 Å². The van der Waals surface area contributed by atoms with E-state index in [-0.39, 0.29) is 11.5 Å². The van der Waals surface area contributed by atoms with Crippen LogP contribution >= 0.6 is 34.8 Å². The van der Waals surface area contributed by atoms with Crippen molar-refractivity contribution >= 4 is 78.5 Å². The minimum atomic E-state index is -6.13. The van der Waals surface area contributed by atoms with E-state index in [1.807, 2.05) is 30.3 Å². The second-order valence-electron chi connectivity index (χ2n) is 17.5. The molecule has 6 aromatic rings. The summed E-state index contributed by atoms with van der Waals surface area (Å²) in [6.07, 6.45) is -53.3. The maximum atomic E-state index is 14.2. The van der Waals surface area contributed by atoms with Gasteiger partial charge in [-0.1, -0.05) is 130 Å². The van der Waals surface area contributed by atoms with Gasteiger partial charge in [-0.3, -0.25) is 4.79 Å². The van der Waals surface area contributed by atoms with Crippen LogP contribution in [0.15, 0.2) is 127 Å². The third kappa shape index (κ3) is 16.4. The van der Waals surface area contributed by atoms with Gasteiger partial charge in [-0.2, -0.15) is 127 Å². The summed E-state index contributed by atoms with van der Waals surface area (Å²) in [5.41, 5.74) is -28.6. The van der Waals surface area contributed by atoms with Crippen molar-refractivity contribution in [3.63, 3.8) is 0 Å². The average molecular weight is 1260 g/mol. The highest BCUT2D eigenvalue weighted by atomic mass is 35.6. The molecule has 0 bridgehead atoms. The van der Waals surface area contributed by atoms with Gasteiger partial charge in [0, 0.05) is 16.7 Å². The van der Waals surface area contributed by atoms with Gasteiger partial charge in [-0.25, -0.2) is 0 Å². The molecule has 1 atom stereocenters. The number of carbonyl (C=O) groups excluding carboxylic acids is 1. The van der Waals surface area contributed by atoms with Crippen LogP contribution in [0.3, 0.4) is 0 Å². The molecule has 0 saturated carbocycles. The largest absolute Gasteiger partial charge is 0.416 e. The van der Waals surface area contributed by atoms with Crippen LogP contribution in [0.1, 0.15) is 66.0 Å². The van der Waals surface area contributed by atoms with Gasteiger partial charge >= 0.3 is 49.4 Å². The minimum absolute atomic E-state index is 0.153. The van der Waals surface area contributed by atoms with Gasteiger partial charge < -0.3 is 0 Å². The molecule has 6 rings (SSSR count). The topological polar surface area (TPSA) is 34.1 Å². The van der Waals surface area contributed by atoms with E-state index in [4.69, 9.17) is 34.8 Å². The Balaban J connectivity index is 0.000000416. The van der Waals surface area contributed by atoms with Crippen molar-refractivity contribution in [2.24, 2.45) is 0 Å². The van der Waals surface area contributed by atoms with E-state index in [0.29, 0.717) is 11.1 Å². The van der Waals surface area contributed by atoms with Crippen LogP contribution in [0, 0.1) is 11.2 Å². The molecular weight excluding hydrogens is 1240 g/mol. The molecule has 6 aromatic carbocycles. The zero-order valence-corrected chi connectivity index (χ0v) is 42.4. The van der Waals surface area contributed by atoms with Crippen molar-refractivity contribution in [1.29, 1.82) is 0 Å². The number of hydrogen-bond acceptors (Lipinski definition) is 2. The van der Waals surface area contributed by atoms with Crippen LogP contribution in [-0.2, 0) is 67.3 Å².